The number of ether oxygens (including phenoxy) is 1. The average Bonchev–Trinajstić information content (AvgIpc) is 2.92. The molecule has 5 heteroatoms. The van der Waals surface area contributed by atoms with Gasteiger partial charge in [0, 0.05) is 25.6 Å². The van der Waals surface area contributed by atoms with Gasteiger partial charge in [-0.15, -0.1) is 12.4 Å². The van der Waals surface area contributed by atoms with E-state index in [1.165, 1.54) is 5.56 Å². The van der Waals surface area contributed by atoms with Crippen molar-refractivity contribution in [1.29, 1.82) is 0 Å². The Hall–Kier alpha value is -1.26. The van der Waals surface area contributed by atoms with Gasteiger partial charge < -0.3 is 15.4 Å². The van der Waals surface area contributed by atoms with Crippen molar-refractivity contribution in [3.05, 3.63) is 29.8 Å². The number of carbonyl (C=O) groups excluding carboxylic acids is 1. The molecule has 1 amide bonds. The minimum atomic E-state index is 0. The molecule has 1 atom stereocenters. The number of likely N-dealkylation sites (tertiary alicyclic amines) is 1. The van der Waals surface area contributed by atoms with E-state index < -0.39 is 0 Å². The summed E-state index contributed by atoms with van der Waals surface area (Å²) in [5.74, 6) is 1.09. The van der Waals surface area contributed by atoms with E-state index in [1.54, 1.807) is 0 Å². The first-order valence-electron chi connectivity index (χ1n) is 7.39. The number of nitrogens with two attached hydrogens (primary N) is 1. The Balaban J connectivity index is 0.00000220. The Morgan fingerprint density at radius 3 is 3.00 bits per heavy atom. The quantitative estimate of drug-likeness (QED) is 0.821. The first kappa shape index (κ1) is 17.8. The molecule has 1 unspecified atom stereocenters. The van der Waals surface area contributed by atoms with Crippen molar-refractivity contribution in [2.24, 2.45) is 5.73 Å². The summed E-state index contributed by atoms with van der Waals surface area (Å²) in [5, 5.41) is 0. The topological polar surface area (TPSA) is 55.6 Å². The van der Waals surface area contributed by atoms with E-state index in [9.17, 15) is 4.79 Å². The molecule has 1 fully saturated rings. The van der Waals surface area contributed by atoms with Crippen LogP contribution in [0.3, 0.4) is 0 Å². The molecule has 1 heterocycles. The van der Waals surface area contributed by atoms with Crippen LogP contribution in [-0.4, -0.2) is 36.5 Å². The number of benzene rings is 1. The van der Waals surface area contributed by atoms with Crippen molar-refractivity contribution in [1.82, 2.24) is 4.90 Å². The van der Waals surface area contributed by atoms with Crippen molar-refractivity contribution >= 4 is 18.3 Å². The Kier molecular flexibility index (Phi) is 7.54. The third kappa shape index (κ3) is 5.21. The standard InChI is InChI=1S/C16H24N2O2.ClH/c1-13-5-2-7-15(11-13)20-10-4-8-16(19)18-9-3-6-14(18)12-17;/h2,5,7,11,14H,3-4,6,8-10,12,17H2,1H3;1H. The van der Waals surface area contributed by atoms with Crippen LogP contribution in [0.2, 0.25) is 0 Å². The van der Waals surface area contributed by atoms with Gasteiger partial charge in [0.05, 0.1) is 6.61 Å². The van der Waals surface area contributed by atoms with Crippen LogP contribution in [-0.2, 0) is 4.79 Å². The van der Waals surface area contributed by atoms with Crippen LogP contribution >= 0.6 is 12.4 Å². The summed E-state index contributed by atoms with van der Waals surface area (Å²) in [5.41, 5.74) is 6.87. The van der Waals surface area contributed by atoms with E-state index in [4.69, 9.17) is 10.5 Å². The molecule has 1 aliphatic rings. The number of aryl methyl sites for hydroxylation is 1. The highest BCUT2D eigenvalue weighted by Gasteiger charge is 2.26. The number of rotatable bonds is 6. The zero-order valence-electron chi connectivity index (χ0n) is 12.6. The highest BCUT2D eigenvalue weighted by Crippen LogP contribution is 2.18. The van der Waals surface area contributed by atoms with Gasteiger partial charge in [-0.05, 0) is 43.9 Å². The number of hydrogen-bond acceptors (Lipinski definition) is 3. The predicted molar refractivity (Wildman–Crippen MR) is 86.9 cm³/mol. The van der Waals surface area contributed by atoms with Gasteiger partial charge in [0.15, 0.2) is 0 Å². The molecule has 4 nitrogen and oxygen atoms in total. The zero-order valence-corrected chi connectivity index (χ0v) is 13.4. The lowest BCUT2D eigenvalue weighted by atomic mass is 10.2. The van der Waals surface area contributed by atoms with Crippen LogP contribution in [0.5, 0.6) is 5.75 Å². The average molecular weight is 313 g/mol. The van der Waals surface area contributed by atoms with Crippen molar-refractivity contribution in [2.75, 3.05) is 19.7 Å². The third-order valence-corrected chi connectivity index (χ3v) is 3.76. The Bertz CT molecular complexity index is 454. The minimum Gasteiger partial charge on any atom is -0.494 e. The van der Waals surface area contributed by atoms with Gasteiger partial charge in [0.2, 0.25) is 5.91 Å². The van der Waals surface area contributed by atoms with E-state index in [0.29, 0.717) is 19.6 Å². The van der Waals surface area contributed by atoms with Gasteiger partial charge in [-0.3, -0.25) is 4.79 Å². The predicted octanol–water partition coefficient (Wildman–Crippen LogP) is 2.53. The Labute approximate surface area is 133 Å². The van der Waals surface area contributed by atoms with E-state index >= 15 is 0 Å². The monoisotopic (exact) mass is 312 g/mol. The number of halogens is 1. The Morgan fingerprint density at radius 2 is 2.29 bits per heavy atom. The maximum Gasteiger partial charge on any atom is 0.222 e. The molecule has 2 rings (SSSR count). The lowest BCUT2D eigenvalue weighted by Gasteiger charge is -2.23. The summed E-state index contributed by atoms with van der Waals surface area (Å²) in [6.07, 6.45) is 3.41. The minimum absolute atomic E-state index is 0. The molecule has 0 radical (unpaired) electrons. The SMILES string of the molecule is Cc1cccc(OCCCC(=O)N2CCCC2CN)c1.Cl. The molecule has 0 saturated carbocycles. The molecule has 118 valence electrons. The summed E-state index contributed by atoms with van der Waals surface area (Å²) in [6, 6.07) is 8.22. The first-order chi connectivity index (χ1) is 9.70. The number of hydrogen-bond donors (Lipinski definition) is 1. The second kappa shape index (κ2) is 8.90. The van der Waals surface area contributed by atoms with Crippen molar-refractivity contribution < 1.29 is 9.53 Å². The van der Waals surface area contributed by atoms with Gasteiger partial charge in [-0.1, -0.05) is 12.1 Å². The van der Waals surface area contributed by atoms with Crippen molar-refractivity contribution in [3.8, 4) is 5.75 Å². The lowest BCUT2D eigenvalue weighted by molar-refractivity contribution is -0.132. The van der Waals surface area contributed by atoms with Crippen molar-refractivity contribution in [2.45, 2.75) is 38.6 Å². The molecule has 0 aromatic heterocycles. The number of carbonyl (C=O) groups is 1. The van der Waals surface area contributed by atoms with Crippen LogP contribution in [0.4, 0.5) is 0 Å². The molecule has 1 aliphatic heterocycles. The van der Waals surface area contributed by atoms with Crippen LogP contribution in [0, 0.1) is 6.92 Å². The zero-order chi connectivity index (χ0) is 14.4. The largest absolute Gasteiger partial charge is 0.494 e. The van der Waals surface area contributed by atoms with Crippen LogP contribution < -0.4 is 10.5 Å². The van der Waals surface area contributed by atoms with Gasteiger partial charge in [-0.2, -0.15) is 0 Å². The smallest absolute Gasteiger partial charge is 0.222 e. The molecule has 1 saturated heterocycles. The fraction of sp³-hybridized carbons (Fsp3) is 0.562. The van der Waals surface area contributed by atoms with E-state index in [2.05, 4.69) is 0 Å². The number of amides is 1. The van der Waals surface area contributed by atoms with Gasteiger partial charge in [-0.25, -0.2) is 0 Å². The van der Waals surface area contributed by atoms with E-state index in [1.807, 2.05) is 36.1 Å². The van der Waals surface area contributed by atoms with E-state index in [0.717, 1.165) is 31.6 Å². The van der Waals surface area contributed by atoms with Gasteiger partial charge in [0.1, 0.15) is 5.75 Å². The van der Waals surface area contributed by atoms with Crippen LogP contribution in [0.25, 0.3) is 0 Å². The molecule has 0 bridgehead atoms. The molecule has 0 aliphatic carbocycles. The molecular weight excluding hydrogens is 288 g/mol. The summed E-state index contributed by atoms with van der Waals surface area (Å²) in [7, 11) is 0. The maximum absolute atomic E-state index is 12.1. The molecule has 21 heavy (non-hydrogen) atoms. The van der Waals surface area contributed by atoms with E-state index in [-0.39, 0.29) is 24.4 Å². The normalized spacial score (nSPS) is 17.4. The molecule has 0 spiro atoms. The summed E-state index contributed by atoms with van der Waals surface area (Å²) >= 11 is 0. The lowest BCUT2D eigenvalue weighted by Crippen LogP contribution is -2.39. The van der Waals surface area contributed by atoms with Crippen LogP contribution in [0.1, 0.15) is 31.2 Å². The molecule has 2 N–H and O–H groups in total. The van der Waals surface area contributed by atoms with Crippen molar-refractivity contribution in [3.63, 3.8) is 0 Å². The first-order valence-corrected chi connectivity index (χ1v) is 7.39. The van der Waals surface area contributed by atoms with Crippen LogP contribution in [0.15, 0.2) is 24.3 Å². The molecular formula is C16H25ClN2O2. The number of nitrogens with zero attached hydrogens (tertiary/aromatic N) is 1. The fourth-order valence-electron chi connectivity index (χ4n) is 2.67. The summed E-state index contributed by atoms with van der Waals surface area (Å²) < 4.78 is 5.66. The second-order valence-corrected chi connectivity index (χ2v) is 5.39. The van der Waals surface area contributed by atoms with Gasteiger partial charge in [0.25, 0.3) is 0 Å². The fourth-order valence-corrected chi connectivity index (χ4v) is 2.67. The molecule has 1 aromatic carbocycles. The highest BCUT2D eigenvalue weighted by molar-refractivity contribution is 5.85. The maximum atomic E-state index is 12.1. The van der Waals surface area contributed by atoms with Gasteiger partial charge >= 0.3 is 0 Å². The second-order valence-electron chi connectivity index (χ2n) is 5.39. The third-order valence-electron chi connectivity index (χ3n) is 3.76. The Morgan fingerprint density at radius 1 is 1.48 bits per heavy atom. The highest BCUT2D eigenvalue weighted by atomic mass is 35.5. The molecule has 1 aromatic rings. The summed E-state index contributed by atoms with van der Waals surface area (Å²) in [6.45, 7) is 4.05. The summed E-state index contributed by atoms with van der Waals surface area (Å²) in [4.78, 5) is 14.0.